The standard InChI is InChI=1S/C55H32O/c1-2-10-41-33(9-1)24-27-46-48-32-40(25-28-52(48)56-54(41)46)38-22-20-35-29-37(21-19-36(35)30-38)39-18-17-34-23-26-45-44-13-5-8-16-51(44)55(53(45)47(34)31-39)49-14-6-3-11-42(49)43-12-4-7-15-50(43)55/h1-32H. The van der Waals surface area contributed by atoms with Gasteiger partial charge in [-0.05, 0) is 130 Å². The van der Waals surface area contributed by atoms with Gasteiger partial charge in [0.2, 0.25) is 0 Å². The van der Waals surface area contributed by atoms with Crippen LogP contribution in [-0.2, 0) is 5.41 Å². The van der Waals surface area contributed by atoms with E-state index in [-0.39, 0.29) is 5.41 Å². The molecular formula is C55H32O. The van der Waals surface area contributed by atoms with Crippen LogP contribution in [0.5, 0.6) is 0 Å². The quantitative estimate of drug-likeness (QED) is 0.174. The Morgan fingerprint density at radius 2 is 0.786 bits per heavy atom. The van der Waals surface area contributed by atoms with Crippen molar-refractivity contribution >= 4 is 54.3 Å². The van der Waals surface area contributed by atoms with E-state index in [0.29, 0.717) is 0 Å². The average Bonchev–Trinajstić information content (AvgIpc) is 3.90. The minimum atomic E-state index is -0.378. The molecule has 2 aliphatic rings. The highest BCUT2D eigenvalue weighted by molar-refractivity contribution is 6.15. The van der Waals surface area contributed by atoms with Crippen LogP contribution in [-0.4, -0.2) is 0 Å². The zero-order chi connectivity index (χ0) is 36.5. The van der Waals surface area contributed by atoms with Crippen LogP contribution in [0.4, 0.5) is 0 Å². The number of hydrogen-bond acceptors (Lipinski definition) is 1. The largest absolute Gasteiger partial charge is 0.455 e. The number of benzene rings is 10. The zero-order valence-electron chi connectivity index (χ0n) is 30.4. The minimum Gasteiger partial charge on any atom is -0.455 e. The van der Waals surface area contributed by atoms with Gasteiger partial charge in [0.15, 0.2) is 0 Å². The molecule has 2 aliphatic carbocycles. The lowest BCUT2D eigenvalue weighted by Gasteiger charge is -2.31. The van der Waals surface area contributed by atoms with Crippen molar-refractivity contribution in [3.63, 3.8) is 0 Å². The first kappa shape index (κ1) is 30.1. The lowest BCUT2D eigenvalue weighted by molar-refractivity contribution is 0.672. The molecule has 0 saturated heterocycles. The molecule has 1 heteroatoms. The average molecular weight is 709 g/mol. The predicted octanol–water partition coefficient (Wildman–Crippen LogP) is 14.7. The summed E-state index contributed by atoms with van der Waals surface area (Å²) in [7, 11) is 0. The summed E-state index contributed by atoms with van der Waals surface area (Å²) in [4.78, 5) is 0. The van der Waals surface area contributed by atoms with Gasteiger partial charge in [-0.25, -0.2) is 0 Å². The van der Waals surface area contributed by atoms with Crippen molar-refractivity contribution in [2.24, 2.45) is 0 Å². The SMILES string of the molecule is c1ccc2c(c1)-c1ccccc1C21c2ccccc2-c2ccc3ccc(-c4ccc5cc(-c6ccc7oc8c9ccccc9ccc8c7c6)ccc5c4)cc3c21. The van der Waals surface area contributed by atoms with E-state index in [1.54, 1.807) is 0 Å². The summed E-state index contributed by atoms with van der Waals surface area (Å²) in [5, 5.41) is 9.69. The molecule has 11 aromatic rings. The number of rotatable bonds is 2. The molecule has 0 amide bonds. The Kier molecular flexibility index (Phi) is 5.89. The molecule has 56 heavy (non-hydrogen) atoms. The number of hydrogen-bond donors (Lipinski definition) is 0. The van der Waals surface area contributed by atoms with Gasteiger partial charge in [-0.15, -0.1) is 0 Å². The fraction of sp³-hybridized carbons (Fsp3) is 0.0182. The Hall–Kier alpha value is -7.22. The Morgan fingerprint density at radius 1 is 0.304 bits per heavy atom. The van der Waals surface area contributed by atoms with Crippen molar-refractivity contribution in [2.45, 2.75) is 5.41 Å². The second kappa shape index (κ2) is 10.9. The zero-order valence-corrected chi connectivity index (χ0v) is 30.4. The molecule has 0 fully saturated rings. The summed E-state index contributed by atoms with van der Waals surface area (Å²) >= 11 is 0. The molecule has 1 aromatic heterocycles. The summed E-state index contributed by atoms with van der Waals surface area (Å²) < 4.78 is 6.41. The van der Waals surface area contributed by atoms with Gasteiger partial charge in [-0.1, -0.05) is 158 Å². The molecule has 1 nitrogen and oxygen atoms in total. The van der Waals surface area contributed by atoms with Gasteiger partial charge in [0.05, 0.1) is 5.41 Å². The molecule has 1 spiro atoms. The number of furan rings is 1. The molecule has 0 atom stereocenters. The molecule has 0 aliphatic heterocycles. The monoisotopic (exact) mass is 708 g/mol. The van der Waals surface area contributed by atoms with Crippen LogP contribution in [0.3, 0.4) is 0 Å². The van der Waals surface area contributed by atoms with Crippen LogP contribution in [0.25, 0.3) is 98.8 Å². The van der Waals surface area contributed by atoms with Crippen LogP contribution in [0.1, 0.15) is 22.3 Å². The first-order valence-electron chi connectivity index (χ1n) is 19.5. The fourth-order valence-electron chi connectivity index (χ4n) is 10.4. The highest BCUT2D eigenvalue weighted by atomic mass is 16.3. The molecule has 0 bridgehead atoms. The van der Waals surface area contributed by atoms with Crippen molar-refractivity contribution in [2.75, 3.05) is 0 Å². The van der Waals surface area contributed by atoms with E-state index in [4.69, 9.17) is 4.42 Å². The molecule has 258 valence electrons. The minimum absolute atomic E-state index is 0.378. The van der Waals surface area contributed by atoms with E-state index in [0.717, 1.165) is 27.3 Å². The fourth-order valence-corrected chi connectivity index (χ4v) is 10.4. The molecule has 0 radical (unpaired) electrons. The van der Waals surface area contributed by atoms with Gasteiger partial charge in [0.1, 0.15) is 11.2 Å². The van der Waals surface area contributed by atoms with Gasteiger partial charge < -0.3 is 4.42 Å². The van der Waals surface area contributed by atoms with E-state index in [2.05, 4.69) is 194 Å². The molecule has 0 N–H and O–H groups in total. The van der Waals surface area contributed by atoms with E-state index in [9.17, 15) is 0 Å². The maximum absolute atomic E-state index is 6.41. The summed E-state index contributed by atoms with van der Waals surface area (Å²) in [5.74, 6) is 0. The third-order valence-corrected chi connectivity index (χ3v) is 12.8. The van der Waals surface area contributed by atoms with E-state index >= 15 is 0 Å². The normalized spacial score (nSPS) is 13.5. The van der Waals surface area contributed by atoms with Gasteiger partial charge in [-0.2, -0.15) is 0 Å². The third-order valence-electron chi connectivity index (χ3n) is 12.8. The molecule has 0 saturated carbocycles. The molecular weight excluding hydrogens is 677 g/mol. The van der Waals surface area contributed by atoms with Crippen molar-refractivity contribution in [1.29, 1.82) is 0 Å². The van der Waals surface area contributed by atoms with Crippen molar-refractivity contribution < 1.29 is 4.42 Å². The van der Waals surface area contributed by atoms with Gasteiger partial charge in [0.25, 0.3) is 0 Å². The van der Waals surface area contributed by atoms with Gasteiger partial charge in [0, 0.05) is 16.2 Å². The maximum Gasteiger partial charge on any atom is 0.143 e. The van der Waals surface area contributed by atoms with Crippen LogP contribution >= 0.6 is 0 Å². The van der Waals surface area contributed by atoms with Crippen molar-refractivity contribution in [1.82, 2.24) is 0 Å². The molecule has 13 rings (SSSR count). The summed E-state index contributed by atoms with van der Waals surface area (Å²) in [6.45, 7) is 0. The Morgan fingerprint density at radius 3 is 1.46 bits per heavy atom. The van der Waals surface area contributed by atoms with E-state index in [1.807, 2.05) is 0 Å². The van der Waals surface area contributed by atoms with Gasteiger partial charge in [-0.3, -0.25) is 0 Å². The van der Waals surface area contributed by atoms with Crippen LogP contribution in [0, 0.1) is 0 Å². The molecule has 10 aromatic carbocycles. The van der Waals surface area contributed by atoms with Gasteiger partial charge >= 0.3 is 0 Å². The Bertz CT molecular complexity index is 3420. The predicted molar refractivity (Wildman–Crippen MR) is 233 cm³/mol. The lowest BCUT2D eigenvalue weighted by atomic mass is 9.69. The van der Waals surface area contributed by atoms with E-state index in [1.165, 1.54) is 93.7 Å². The van der Waals surface area contributed by atoms with Crippen LogP contribution in [0.15, 0.2) is 199 Å². The Balaban J connectivity index is 0.948. The molecule has 1 heterocycles. The van der Waals surface area contributed by atoms with Crippen molar-refractivity contribution in [3.8, 4) is 44.5 Å². The first-order chi connectivity index (χ1) is 27.7. The second-order valence-corrected chi connectivity index (χ2v) is 15.6. The molecule has 0 unspecified atom stereocenters. The third kappa shape index (κ3) is 3.89. The number of fused-ring (bicyclic) bond motifs is 18. The maximum atomic E-state index is 6.41. The highest BCUT2D eigenvalue weighted by Crippen LogP contribution is 2.64. The lowest BCUT2D eigenvalue weighted by Crippen LogP contribution is -2.26. The van der Waals surface area contributed by atoms with Crippen molar-refractivity contribution in [3.05, 3.63) is 216 Å². The summed E-state index contributed by atoms with van der Waals surface area (Å²) in [6, 6.07) is 72.1. The second-order valence-electron chi connectivity index (χ2n) is 15.6. The van der Waals surface area contributed by atoms with E-state index < -0.39 is 0 Å². The summed E-state index contributed by atoms with van der Waals surface area (Å²) in [5.41, 5.74) is 17.2. The Labute approximate surface area is 323 Å². The highest BCUT2D eigenvalue weighted by Gasteiger charge is 2.52. The topological polar surface area (TPSA) is 13.1 Å². The summed E-state index contributed by atoms with van der Waals surface area (Å²) in [6.07, 6.45) is 0. The van der Waals surface area contributed by atoms with Crippen LogP contribution in [0.2, 0.25) is 0 Å². The van der Waals surface area contributed by atoms with Crippen LogP contribution < -0.4 is 0 Å². The smallest absolute Gasteiger partial charge is 0.143 e. The first-order valence-corrected chi connectivity index (χ1v) is 19.5.